The number of halogens is 1. The van der Waals surface area contributed by atoms with E-state index in [1.165, 1.54) is 70.1 Å². The molecule has 0 unspecified atom stereocenters. The van der Waals surface area contributed by atoms with Crippen LogP contribution in [0.3, 0.4) is 0 Å². The highest BCUT2D eigenvalue weighted by Crippen LogP contribution is 2.44. The Kier molecular flexibility index (Phi) is 3.85. The Morgan fingerprint density at radius 3 is 2.73 bits per heavy atom. The summed E-state index contributed by atoms with van der Waals surface area (Å²) < 4.78 is 13.6. The van der Waals surface area contributed by atoms with Crippen LogP contribution in [0, 0.1) is 11.7 Å². The number of nitrogens with one attached hydrogen (secondary N) is 1. The van der Waals surface area contributed by atoms with Crippen molar-refractivity contribution in [3.8, 4) is 0 Å². The van der Waals surface area contributed by atoms with Crippen LogP contribution in [0.4, 0.5) is 10.1 Å². The quantitative estimate of drug-likeness (QED) is 0.870. The normalized spacial score (nSPS) is 25.1. The van der Waals surface area contributed by atoms with Crippen LogP contribution in [-0.2, 0) is 5.41 Å². The molecule has 1 aromatic carbocycles. The zero-order valence-electron chi connectivity index (χ0n) is 13.4. The van der Waals surface area contributed by atoms with Crippen LogP contribution in [0.25, 0.3) is 0 Å². The zero-order chi connectivity index (χ0) is 15.0. The minimum Gasteiger partial charge on any atom is -0.384 e. The Labute approximate surface area is 134 Å². The summed E-state index contributed by atoms with van der Waals surface area (Å²) in [5.41, 5.74) is 2.56. The summed E-state index contributed by atoms with van der Waals surface area (Å²) in [5.74, 6) is 0.834. The first-order valence-corrected chi connectivity index (χ1v) is 9.01. The maximum atomic E-state index is 13.6. The van der Waals surface area contributed by atoms with Crippen LogP contribution in [0.1, 0.15) is 51.9 Å². The van der Waals surface area contributed by atoms with E-state index in [1.807, 2.05) is 6.07 Å². The molecule has 2 heterocycles. The van der Waals surface area contributed by atoms with Gasteiger partial charge in [-0.1, -0.05) is 19.3 Å². The van der Waals surface area contributed by atoms with Crippen LogP contribution in [0.2, 0.25) is 0 Å². The molecule has 3 heteroatoms. The van der Waals surface area contributed by atoms with Crippen LogP contribution in [-0.4, -0.2) is 31.1 Å². The lowest BCUT2D eigenvalue weighted by Gasteiger charge is -2.41. The number of likely N-dealkylation sites (tertiary alicyclic amines) is 1. The molecule has 0 bridgehead atoms. The summed E-state index contributed by atoms with van der Waals surface area (Å²) >= 11 is 0. The third-order valence-corrected chi connectivity index (χ3v) is 6.22. The van der Waals surface area contributed by atoms with Crippen LogP contribution in [0.5, 0.6) is 0 Å². The number of fused-ring (bicyclic) bond motifs is 2. The number of benzene rings is 1. The number of nitrogens with zero attached hydrogens (tertiary/aromatic N) is 1. The fourth-order valence-corrected chi connectivity index (χ4v) is 4.81. The first-order chi connectivity index (χ1) is 10.8. The van der Waals surface area contributed by atoms with Gasteiger partial charge in [0.2, 0.25) is 0 Å². The molecular weight excluding hydrogens is 275 g/mol. The molecule has 1 saturated carbocycles. The van der Waals surface area contributed by atoms with E-state index >= 15 is 0 Å². The molecule has 1 saturated heterocycles. The number of piperidine rings is 1. The van der Waals surface area contributed by atoms with E-state index < -0.39 is 0 Å². The smallest absolute Gasteiger partial charge is 0.123 e. The van der Waals surface area contributed by atoms with Gasteiger partial charge in [0.05, 0.1) is 0 Å². The average molecular weight is 304 g/mol. The van der Waals surface area contributed by atoms with E-state index in [-0.39, 0.29) is 12.7 Å². The van der Waals surface area contributed by atoms with Gasteiger partial charge >= 0.3 is 0 Å². The van der Waals surface area contributed by atoms with Crippen molar-refractivity contribution in [2.45, 2.75) is 50.4 Å². The summed E-state index contributed by atoms with van der Waals surface area (Å²) in [4.78, 5) is 2.67. The molecule has 0 aromatic heterocycles. The molecule has 2 aliphatic heterocycles. The molecule has 3 aliphatic rings. The van der Waals surface area contributed by atoms with E-state index in [0.29, 0.717) is 0 Å². The third kappa shape index (κ3) is 2.64. The van der Waals surface area contributed by atoms with Crippen molar-refractivity contribution in [1.29, 1.82) is 0 Å². The van der Waals surface area contributed by atoms with Gasteiger partial charge in [0, 0.05) is 25.6 Å². The SMILES string of the molecule is Fc1ccc2c(c1)C1(CCN(CC3CCCCC3)CC1)CN2.[HH]. The molecular formula is C19H29FN2. The van der Waals surface area contributed by atoms with Gasteiger partial charge in [-0.2, -0.15) is 0 Å². The van der Waals surface area contributed by atoms with E-state index in [0.717, 1.165) is 18.2 Å². The molecule has 2 fully saturated rings. The maximum absolute atomic E-state index is 13.6. The fraction of sp³-hybridized carbons (Fsp3) is 0.684. The van der Waals surface area contributed by atoms with E-state index in [2.05, 4.69) is 10.2 Å². The van der Waals surface area contributed by atoms with Gasteiger partial charge < -0.3 is 10.2 Å². The van der Waals surface area contributed by atoms with Crippen molar-refractivity contribution in [2.75, 3.05) is 31.5 Å². The van der Waals surface area contributed by atoms with Crippen molar-refractivity contribution in [2.24, 2.45) is 5.92 Å². The second kappa shape index (κ2) is 5.84. The van der Waals surface area contributed by atoms with Crippen LogP contribution in [0.15, 0.2) is 18.2 Å². The molecule has 4 rings (SSSR count). The molecule has 22 heavy (non-hydrogen) atoms. The minimum absolute atomic E-state index is 0. The van der Waals surface area contributed by atoms with Gasteiger partial charge in [-0.25, -0.2) is 4.39 Å². The fourth-order valence-electron chi connectivity index (χ4n) is 4.81. The lowest BCUT2D eigenvalue weighted by molar-refractivity contribution is 0.135. The molecule has 1 aromatic rings. The predicted molar refractivity (Wildman–Crippen MR) is 90.9 cm³/mol. The molecule has 1 aliphatic carbocycles. The molecule has 0 atom stereocenters. The van der Waals surface area contributed by atoms with Crippen molar-refractivity contribution >= 4 is 5.69 Å². The maximum Gasteiger partial charge on any atom is 0.123 e. The van der Waals surface area contributed by atoms with Crippen LogP contribution >= 0.6 is 0 Å². The minimum atomic E-state index is -0.0912. The zero-order valence-corrected chi connectivity index (χ0v) is 13.4. The summed E-state index contributed by atoms with van der Waals surface area (Å²) in [6, 6.07) is 5.25. The highest BCUT2D eigenvalue weighted by Gasteiger charge is 2.41. The van der Waals surface area contributed by atoms with Gasteiger partial charge in [-0.3, -0.25) is 0 Å². The molecule has 2 nitrogen and oxygen atoms in total. The van der Waals surface area contributed by atoms with Gasteiger partial charge in [-0.05, 0) is 68.5 Å². The third-order valence-electron chi connectivity index (χ3n) is 6.22. The lowest BCUT2D eigenvalue weighted by atomic mass is 9.74. The monoisotopic (exact) mass is 304 g/mol. The molecule has 0 amide bonds. The lowest BCUT2D eigenvalue weighted by Crippen LogP contribution is -2.45. The summed E-state index contributed by atoms with van der Waals surface area (Å²) in [7, 11) is 0. The molecule has 1 spiro atoms. The number of rotatable bonds is 2. The Morgan fingerprint density at radius 2 is 1.95 bits per heavy atom. The Balaban J connectivity index is 0.00000156. The predicted octanol–water partition coefficient (Wildman–Crippen LogP) is 4.41. The summed E-state index contributed by atoms with van der Waals surface area (Å²) in [6.45, 7) is 4.63. The first-order valence-electron chi connectivity index (χ1n) is 9.01. The number of hydrogen-bond acceptors (Lipinski definition) is 2. The van der Waals surface area contributed by atoms with Crippen LogP contribution < -0.4 is 5.32 Å². The van der Waals surface area contributed by atoms with Crippen molar-refractivity contribution in [3.05, 3.63) is 29.6 Å². The molecule has 1 N–H and O–H groups in total. The molecule has 0 radical (unpaired) electrons. The average Bonchev–Trinajstić information content (AvgIpc) is 2.89. The Morgan fingerprint density at radius 1 is 1.18 bits per heavy atom. The van der Waals surface area contributed by atoms with Gasteiger partial charge in [0.1, 0.15) is 5.82 Å². The Hall–Kier alpha value is -1.09. The van der Waals surface area contributed by atoms with E-state index in [9.17, 15) is 4.39 Å². The Bertz CT molecular complexity index is 534. The molecule has 122 valence electrons. The van der Waals surface area contributed by atoms with E-state index in [1.54, 1.807) is 12.1 Å². The van der Waals surface area contributed by atoms with Gasteiger partial charge in [0.25, 0.3) is 0 Å². The second-order valence-electron chi connectivity index (χ2n) is 7.63. The topological polar surface area (TPSA) is 15.3 Å². The number of hydrogen-bond donors (Lipinski definition) is 1. The summed E-state index contributed by atoms with van der Waals surface area (Å²) in [6.07, 6.45) is 9.49. The van der Waals surface area contributed by atoms with Gasteiger partial charge in [0.15, 0.2) is 0 Å². The summed E-state index contributed by atoms with van der Waals surface area (Å²) in [5, 5.41) is 3.50. The standard InChI is InChI=1S/C19H27FN2.H2/c20-16-6-7-18-17(12-16)19(14-21-18)8-10-22(11-9-19)13-15-4-2-1-3-5-15;/h6-7,12,15,21H,1-5,8-11,13-14H2;1H. The van der Waals surface area contributed by atoms with Crippen molar-refractivity contribution in [3.63, 3.8) is 0 Å². The highest BCUT2D eigenvalue weighted by atomic mass is 19.1. The first kappa shape index (κ1) is 14.5. The van der Waals surface area contributed by atoms with E-state index in [4.69, 9.17) is 0 Å². The van der Waals surface area contributed by atoms with Crippen molar-refractivity contribution < 1.29 is 5.82 Å². The largest absolute Gasteiger partial charge is 0.384 e. The highest BCUT2D eigenvalue weighted by molar-refractivity contribution is 5.60. The van der Waals surface area contributed by atoms with Crippen molar-refractivity contribution in [1.82, 2.24) is 4.90 Å². The van der Waals surface area contributed by atoms with Gasteiger partial charge in [-0.15, -0.1) is 0 Å². The second-order valence-corrected chi connectivity index (χ2v) is 7.63. The number of anilines is 1.